The molecule has 0 fully saturated rings. The molecule has 3 heterocycles. The Hall–Kier alpha value is -1.90. The summed E-state index contributed by atoms with van der Waals surface area (Å²) in [5.74, 6) is 0.972. The van der Waals surface area contributed by atoms with Crippen LogP contribution in [0.25, 0.3) is 20.8 Å². The number of anilines is 1. The number of hydrogen-bond donors (Lipinski definition) is 1. The van der Waals surface area contributed by atoms with E-state index in [1.54, 1.807) is 34.4 Å². The van der Waals surface area contributed by atoms with Crippen LogP contribution in [0.4, 0.5) is 5.00 Å². The van der Waals surface area contributed by atoms with E-state index in [4.69, 9.17) is 16.6 Å². The molecule has 35 heavy (non-hydrogen) atoms. The second kappa shape index (κ2) is 11.4. The van der Waals surface area contributed by atoms with Crippen LogP contribution in [0.5, 0.6) is 0 Å². The van der Waals surface area contributed by atoms with Crippen molar-refractivity contribution in [2.45, 2.75) is 44.0 Å². The molecule has 4 nitrogen and oxygen atoms in total. The zero-order valence-corrected chi connectivity index (χ0v) is 22.9. The van der Waals surface area contributed by atoms with Gasteiger partial charge in [0, 0.05) is 39.9 Å². The molecule has 1 aliphatic rings. The van der Waals surface area contributed by atoms with E-state index in [1.165, 1.54) is 20.0 Å². The minimum absolute atomic E-state index is 0.0769. The molecule has 182 valence electrons. The molecule has 0 saturated heterocycles. The second-order valence-corrected chi connectivity index (χ2v) is 12.4. The number of nitrogens with zero attached hydrogens (tertiary/aromatic N) is 2. The maximum absolute atomic E-state index is 12.9. The van der Waals surface area contributed by atoms with Crippen molar-refractivity contribution < 1.29 is 4.79 Å². The summed E-state index contributed by atoms with van der Waals surface area (Å²) >= 11 is 11.2. The molecule has 1 amide bonds. The van der Waals surface area contributed by atoms with E-state index in [-0.39, 0.29) is 5.91 Å². The first-order valence-corrected chi connectivity index (χ1v) is 15.0. The molecule has 0 aliphatic carbocycles. The smallest absolute Gasteiger partial charge is 0.225 e. The first kappa shape index (κ1) is 24.8. The zero-order valence-electron chi connectivity index (χ0n) is 19.7. The van der Waals surface area contributed by atoms with Crippen molar-refractivity contribution in [3.63, 3.8) is 0 Å². The number of benzene rings is 2. The lowest BCUT2D eigenvalue weighted by atomic mass is 10.0. The average molecular weight is 542 g/mol. The molecule has 8 heteroatoms. The molecule has 0 unspecified atom stereocenters. The number of rotatable bonds is 9. The molecule has 4 aromatic rings. The maximum atomic E-state index is 12.9. The number of aromatic nitrogens is 1. The van der Waals surface area contributed by atoms with E-state index in [0.29, 0.717) is 6.42 Å². The molecule has 5 rings (SSSR count). The Kier molecular flexibility index (Phi) is 8.10. The fourth-order valence-electron chi connectivity index (χ4n) is 4.40. The number of halogens is 1. The first-order chi connectivity index (χ1) is 17.1. The summed E-state index contributed by atoms with van der Waals surface area (Å²) in [6, 6.07) is 16.1. The highest BCUT2D eigenvalue weighted by Crippen LogP contribution is 2.45. The van der Waals surface area contributed by atoms with Crippen LogP contribution in [0.3, 0.4) is 0 Å². The molecule has 2 aromatic heterocycles. The summed E-state index contributed by atoms with van der Waals surface area (Å²) in [6.45, 7) is 5.36. The van der Waals surface area contributed by atoms with Gasteiger partial charge in [-0.15, -0.1) is 34.4 Å². The first-order valence-electron chi connectivity index (χ1n) is 12.0. The van der Waals surface area contributed by atoms with Gasteiger partial charge < -0.3 is 5.32 Å². The Morgan fingerprint density at radius 1 is 1.17 bits per heavy atom. The number of thiazole rings is 1. The Bertz CT molecular complexity index is 1280. The van der Waals surface area contributed by atoms with Crippen LogP contribution in [0, 0.1) is 0 Å². The Morgan fingerprint density at radius 2 is 2.00 bits per heavy atom. The van der Waals surface area contributed by atoms with Crippen molar-refractivity contribution in [3.05, 3.63) is 64.0 Å². The monoisotopic (exact) mass is 541 g/mol. The lowest BCUT2D eigenvalue weighted by molar-refractivity contribution is -0.116. The van der Waals surface area contributed by atoms with Gasteiger partial charge in [0.25, 0.3) is 0 Å². The number of thiophene rings is 1. The Morgan fingerprint density at radius 3 is 2.80 bits per heavy atom. The highest BCUT2D eigenvalue weighted by molar-refractivity contribution is 7.99. The number of para-hydroxylation sites is 1. The van der Waals surface area contributed by atoms with Crippen molar-refractivity contribution in [2.24, 2.45) is 0 Å². The van der Waals surface area contributed by atoms with Crippen molar-refractivity contribution >= 4 is 67.2 Å². The summed E-state index contributed by atoms with van der Waals surface area (Å²) in [6.07, 6.45) is 3.49. The van der Waals surface area contributed by atoms with E-state index in [2.05, 4.69) is 35.3 Å². The van der Waals surface area contributed by atoms with Crippen LogP contribution in [0.1, 0.15) is 36.6 Å². The van der Waals surface area contributed by atoms with Crippen molar-refractivity contribution in [1.29, 1.82) is 0 Å². The number of carbonyl (C=O) groups excluding carboxylic acids is 1. The number of amides is 1. The SMILES string of the molecule is CCCN1CCc2c(sc(NC(=O)CCCSc3ccc(Cl)cc3)c2-c2nc3ccccc3s2)C1. The zero-order chi connectivity index (χ0) is 24.2. The number of thioether (sulfide) groups is 1. The topological polar surface area (TPSA) is 45.2 Å². The van der Waals surface area contributed by atoms with Gasteiger partial charge >= 0.3 is 0 Å². The van der Waals surface area contributed by atoms with Gasteiger partial charge in [0.2, 0.25) is 5.91 Å². The minimum atomic E-state index is 0.0769. The molecule has 2 aromatic carbocycles. The van der Waals surface area contributed by atoms with E-state index in [9.17, 15) is 4.79 Å². The standard InChI is InChI=1S/C27H28ClN3OS3/c1-2-14-31-15-13-20-23(17-31)35-27(25(20)26-29-21-6-3-4-7-22(21)34-26)30-24(32)8-5-16-33-19-11-9-18(28)10-12-19/h3-4,6-7,9-12H,2,5,8,13-17H2,1H3,(H,30,32). The van der Waals surface area contributed by atoms with Crippen LogP contribution in [-0.4, -0.2) is 34.6 Å². The summed E-state index contributed by atoms with van der Waals surface area (Å²) in [4.78, 5) is 23.0. The van der Waals surface area contributed by atoms with Gasteiger partial charge in [0.1, 0.15) is 10.0 Å². The highest BCUT2D eigenvalue weighted by atomic mass is 35.5. The quantitative estimate of drug-likeness (QED) is 0.172. The second-order valence-electron chi connectivity index (χ2n) is 8.67. The summed E-state index contributed by atoms with van der Waals surface area (Å²) < 4.78 is 1.18. The number of nitrogens with one attached hydrogen (secondary N) is 1. The molecule has 0 atom stereocenters. The third-order valence-electron chi connectivity index (χ3n) is 6.07. The van der Waals surface area contributed by atoms with Crippen LogP contribution in [-0.2, 0) is 17.8 Å². The van der Waals surface area contributed by atoms with Gasteiger partial charge in [-0.3, -0.25) is 9.69 Å². The minimum Gasteiger partial charge on any atom is -0.317 e. The van der Waals surface area contributed by atoms with Crippen molar-refractivity contribution in [2.75, 3.05) is 24.2 Å². The number of carbonyl (C=O) groups is 1. The molecule has 1 aliphatic heterocycles. The van der Waals surface area contributed by atoms with Crippen LogP contribution >= 0.6 is 46.0 Å². The van der Waals surface area contributed by atoms with Gasteiger partial charge in [-0.2, -0.15) is 0 Å². The lowest BCUT2D eigenvalue weighted by Crippen LogP contribution is -2.30. The largest absolute Gasteiger partial charge is 0.317 e. The highest BCUT2D eigenvalue weighted by Gasteiger charge is 2.27. The van der Waals surface area contributed by atoms with Crippen molar-refractivity contribution in [1.82, 2.24) is 9.88 Å². The predicted molar refractivity (Wildman–Crippen MR) is 152 cm³/mol. The summed E-state index contributed by atoms with van der Waals surface area (Å²) in [5.41, 5.74) is 3.54. The van der Waals surface area contributed by atoms with Gasteiger partial charge in [-0.1, -0.05) is 30.7 Å². The molecule has 0 radical (unpaired) electrons. The van der Waals surface area contributed by atoms with E-state index in [1.807, 2.05) is 30.3 Å². The van der Waals surface area contributed by atoms with Crippen LogP contribution in [0.2, 0.25) is 5.02 Å². The third kappa shape index (κ3) is 5.92. The third-order valence-corrected chi connectivity index (χ3v) is 9.60. The fraction of sp³-hybridized carbons (Fsp3) is 0.333. The molecular formula is C27H28ClN3OS3. The molecule has 0 spiro atoms. The van der Waals surface area contributed by atoms with Gasteiger partial charge in [0.15, 0.2) is 0 Å². The lowest BCUT2D eigenvalue weighted by Gasteiger charge is -2.26. The van der Waals surface area contributed by atoms with Crippen LogP contribution < -0.4 is 5.32 Å². The Balaban J connectivity index is 1.31. The van der Waals surface area contributed by atoms with Crippen LogP contribution in [0.15, 0.2) is 53.4 Å². The maximum Gasteiger partial charge on any atom is 0.225 e. The fourth-order valence-corrected chi connectivity index (χ4v) is 7.80. The van der Waals surface area contributed by atoms with E-state index in [0.717, 1.165) is 70.8 Å². The molecule has 1 N–H and O–H groups in total. The number of hydrogen-bond acceptors (Lipinski definition) is 6. The predicted octanol–water partition coefficient (Wildman–Crippen LogP) is 7.96. The summed E-state index contributed by atoms with van der Waals surface area (Å²) in [7, 11) is 0. The molecule has 0 saturated carbocycles. The van der Waals surface area contributed by atoms with Crippen molar-refractivity contribution in [3.8, 4) is 10.6 Å². The average Bonchev–Trinajstić information content (AvgIpc) is 3.43. The normalized spacial score (nSPS) is 13.8. The van der Waals surface area contributed by atoms with Gasteiger partial charge in [-0.05, 0) is 73.5 Å². The van der Waals surface area contributed by atoms with Gasteiger partial charge in [0.05, 0.1) is 10.2 Å². The van der Waals surface area contributed by atoms with Gasteiger partial charge in [-0.25, -0.2) is 4.98 Å². The summed E-state index contributed by atoms with van der Waals surface area (Å²) in [5, 5.41) is 5.99. The van der Waals surface area contributed by atoms with E-state index < -0.39 is 0 Å². The van der Waals surface area contributed by atoms with E-state index >= 15 is 0 Å². The Labute approximate surface area is 223 Å². The molecule has 0 bridgehead atoms. The molecular weight excluding hydrogens is 514 g/mol. The number of fused-ring (bicyclic) bond motifs is 2.